The molecule has 1 N–H and O–H groups in total. The standard InChI is InChI=1S/C10H21NO/c1-8-5-4-6-9(2)11(8)7-10(3)12/h8-10,12H,4-7H2,1-3H3/t8?,9?,10-/m0/s1. The van der Waals surface area contributed by atoms with Crippen LogP contribution in [0.15, 0.2) is 0 Å². The number of nitrogens with zero attached hydrogens (tertiary/aromatic N) is 1. The smallest absolute Gasteiger partial charge is 0.0639 e. The molecule has 12 heavy (non-hydrogen) atoms. The fourth-order valence-corrected chi connectivity index (χ4v) is 2.14. The molecule has 72 valence electrons. The number of rotatable bonds is 2. The van der Waals surface area contributed by atoms with Gasteiger partial charge >= 0.3 is 0 Å². The summed E-state index contributed by atoms with van der Waals surface area (Å²) in [6.07, 6.45) is 3.74. The largest absolute Gasteiger partial charge is 0.392 e. The van der Waals surface area contributed by atoms with E-state index in [0.717, 1.165) is 6.54 Å². The van der Waals surface area contributed by atoms with Crippen molar-refractivity contribution in [3.05, 3.63) is 0 Å². The second-order valence-electron chi connectivity index (χ2n) is 4.17. The van der Waals surface area contributed by atoms with Crippen LogP contribution in [0.25, 0.3) is 0 Å². The molecule has 1 rings (SSSR count). The van der Waals surface area contributed by atoms with Crippen LogP contribution in [0.3, 0.4) is 0 Å². The summed E-state index contributed by atoms with van der Waals surface area (Å²) in [4.78, 5) is 2.42. The average Bonchev–Trinajstić information content (AvgIpc) is 1.97. The first-order valence-corrected chi connectivity index (χ1v) is 5.05. The van der Waals surface area contributed by atoms with E-state index in [1.807, 2.05) is 6.92 Å². The SMILES string of the molecule is CC1CCCC(C)N1C[C@H](C)O. The Labute approximate surface area is 75.6 Å². The molecule has 1 saturated heterocycles. The van der Waals surface area contributed by atoms with Gasteiger partial charge in [0.25, 0.3) is 0 Å². The van der Waals surface area contributed by atoms with E-state index in [-0.39, 0.29) is 6.10 Å². The number of β-amino-alcohol motifs (C(OH)–C–C–N with tert-alkyl or cyclic N) is 1. The summed E-state index contributed by atoms with van der Waals surface area (Å²) in [5.74, 6) is 0. The molecule has 1 aliphatic rings. The van der Waals surface area contributed by atoms with Crippen molar-refractivity contribution < 1.29 is 5.11 Å². The monoisotopic (exact) mass is 171 g/mol. The Morgan fingerprint density at radius 3 is 2.25 bits per heavy atom. The van der Waals surface area contributed by atoms with E-state index in [9.17, 15) is 5.11 Å². The van der Waals surface area contributed by atoms with E-state index in [2.05, 4.69) is 18.7 Å². The van der Waals surface area contributed by atoms with Crippen molar-refractivity contribution in [3.8, 4) is 0 Å². The first-order valence-electron chi connectivity index (χ1n) is 5.05. The molecule has 3 atom stereocenters. The molecule has 2 nitrogen and oxygen atoms in total. The van der Waals surface area contributed by atoms with E-state index in [0.29, 0.717) is 12.1 Å². The highest BCUT2D eigenvalue weighted by molar-refractivity contribution is 4.80. The number of hydrogen-bond donors (Lipinski definition) is 1. The highest BCUT2D eigenvalue weighted by atomic mass is 16.3. The molecule has 0 aromatic carbocycles. The van der Waals surface area contributed by atoms with Crippen LogP contribution in [0.2, 0.25) is 0 Å². The van der Waals surface area contributed by atoms with Crippen LogP contribution in [-0.2, 0) is 0 Å². The topological polar surface area (TPSA) is 23.5 Å². The third-order valence-corrected chi connectivity index (χ3v) is 2.85. The molecular weight excluding hydrogens is 150 g/mol. The second-order valence-corrected chi connectivity index (χ2v) is 4.17. The lowest BCUT2D eigenvalue weighted by Gasteiger charge is -2.39. The van der Waals surface area contributed by atoms with E-state index < -0.39 is 0 Å². The van der Waals surface area contributed by atoms with Crippen molar-refractivity contribution in [1.82, 2.24) is 4.90 Å². The minimum atomic E-state index is -0.187. The summed E-state index contributed by atoms with van der Waals surface area (Å²) in [7, 11) is 0. The van der Waals surface area contributed by atoms with Crippen molar-refractivity contribution in [2.75, 3.05) is 6.54 Å². The van der Waals surface area contributed by atoms with Gasteiger partial charge in [0, 0.05) is 18.6 Å². The lowest BCUT2D eigenvalue weighted by molar-refractivity contribution is 0.0489. The number of aliphatic hydroxyl groups is 1. The predicted octanol–water partition coefficient (Wildman–Crippen LogP) is 1.63. The summed E-state index contributed by atoms with van der Waals surface area (Å²) >= 11 is 0. The molecule has 0 saturated carbocycles. The molecule has 0 aromatic rings. The first-order chi connectivity index (χ1) is 5.61. The fraction of sp³-hybridized carbons (Fsp3) is 1.00. The van der Waals surface area contributed by atoms with Gasteiger partial charge in [0.15, 0.2) is 0 Å². The molecule has 1 aliphatic heterocycles. The Hall–Kier alpha value is -0.0800. The Morgan fingerprint density at radius 1 is 1.33 bits per heavy atom. The molecule has 0 radical (unpaired) electrons. The van der Waals surface area contributed by atoms with Crippen LogP contribution in [0.1, 0.15) is 40.0 Å². The Morgan fingerprint density at radius 2 is 1.83 bits per heavy atom. The molecule has 0 aromatic heterocycles. The zero-order chi connectivity index (χ0) is 9.14. The van der Waals surface area contributed by atoms with Crippen LogP contribution < -0.4 is 0 Å². The van der Waals surface area contributed by atoms with Crippen molar-refractivity contribution in [3.63, 3.8) is 0 Å². The Bertz CT molecular complexity index is 126. The minimum Gasteiger partial charge on any atom is -0.392 e. The van der Waals surface area contributed by atoms with Gasteiger partial charge in [-0.2, -0.15) is 0 Å². The maximum absolute atomic E-state index is 9.30. The van der Waals surface area contributed by atoms with Crippen LogP contribution in [0, 0.1) is 0 Å². The fourth-order valence-electron chi connectivity index (χ4n) is 2.14. The number of piperidine rings is 1. The third-order valence-electron chi connectivity index (χ3n) is 2.85. The van der Waals surface area contributed by atoms with Crippen molar-refractivity contribution >= 4 is 0 Å². The second kappa shape index (κ2) is 4.24. The Kier molecular flexibility index (Phi) is 3.53. The quantitative estimate of drug-likeness (QED) is 0.682. The van der Waals surface area contributed by atoms with Gasteiger partial charge < -0.3 is 5.11 Å². The van der Waals surface area contributed by atoms with Gasteiger partial charge in [0.05, 0.1) is 6.10 Å². The zero-order valence-electron chi connectivity index (χ0n) is 8.45. The van der Waals surface area contributed by atoms with Crippen LogP contribution in [0.4, 0.5) is 0 Å². The summed E-state index contributed by atoms with van der Waals surface area (Å²) in [6.45, 7) is 7.23. The summed E-state index contributed by atoms with van der Waals surface area (Å²) in [5, 5.41) is 9.30. The van der Waals surface area contributed by atoms with Crippen molar-refractivity contribution in [1.29, 1.82) is 0 Å². The van der Waals surface area contributed by atoms with Crippen molar-refractivity contribution in [2.45, 2.75) is 58.2 Å². The minimum absolute atomic E-state index is 0.187. The molecule has 0 amide bonds. The van der Waals surface area contributed by atoms with Crippen LogP contribution in [-0.4, -0.2) is 34.7 Å². The molecule has 2 heteroatoms. The Balaban J connectivity index is 2.45. The predicted molar refractivity (Wildman–Crippen MR) is 51.2 cm³/mol. The average molecular weight is 171 g/mol. The van der Waals surface area contributed by atoms with Crippen molar-refractivity contribution in [2.24, 2.45) is 0 Å². The van der Waals surface area contributed by atoms with Gasteiger partial charge in [0.1, 0.15) is 0 Å². The van der Waals surface area contributed by atoms with E-state index >= 15 is 0 Å². The maximum atomic E-state index is 9.30. The molecule has 1 fully saturated rings. The maximum Gasteiger partial charge on any atom is 0.0639 e. The van der Waals surface area contributed by atoms with Crippen LogP contribution in [0.5, 0.6) is 0 Å². The summed E-state index contributed by atoms with van der Waals surface area (Å²) in [6, 6.07) is 1.31. The van der Waals surface area contributed by atoms with Gasteiger partial charge in [-0.15, -0.1) is 0 Å². The van der Waals surface area contributed by atoms with Gasteiger partial charge in [-0.25, -0.2) is 0 Å². The van der Waals surface area contributed by atoms with E-state index in [1.165, 1.54) is 19.3 Å². The van der Waals surface area contributed by atoms with Gasteiger partial charge in [-0.1, -0.05) is 6.42 Å². The highest BCUT2D eigenvalue weighted by Gasteiger charge is 2.24. The lowest BCUT2D eigenvalue weighted by atomic mass is 9.97. The third kappa shape index (κ3) is 2.46. The number of hydrogen-bond acceptors (Lipinski definition) is 2. The molecule has 0 spiro atoms. The first kappa shape index (κ1) is 10.0. The lowest BCUT2D eigenvalue weighted by Crippen LogP contribution is -2.46. The molecule has 2 unspecified atom stereocenters. The van der Waals surface area contributed by atoms with E-state index in [1.54, 1.807) is 0 Å². The normalized spacial score (nSPS) is 35.0. The molecule has 1 heterocycles. The highest BCUT2D eigenvalue weighted by Crippen LogP contribution is 2.22. The summed E-state index contributed by atoms with van der Waals surface area (Å²) < 4.78 is 0. The van der Waals surface area contributed by atoms with Gasteiger partial charge in [0.2, 0.25) is 0 Å². The summed E-state index contributed by atoms with van der Waals surface area (Å²) in [5.41, 5.74) is 0. The number of likely N-dealkylation sites (tertiary alicyclic amines) is 1. The number of aliphatic hydroxyl groups excluding tert-OH is 1. The van der Waals surface area contributed by atoms with Gasteiger partial charge in [-0.3, -0.25) is 4.90 Å². The van der Waals surface area contributed by atoms with Crippen LogP contribution >= 0.6 is 0 Å². The molecular formula is C10H21NO. The zero-order valence-corrected chi connectivity index (χ0v) is 8.45. The molecule has 0 bridgehead atoms. The van der Waals surface area contributed by atoms with Gasteiger partial charge in [-0.05, 0) is 33.6 Å². The van der Waals surface area contributed by atoms with E-state index in [4.69, 9.17) is 0 Å². The molecule has 0 aliphatic carbocycles.